The van der Waals surface area contributed by atoms with Crippen LogP contribution in [0.25, 0.3) is 0 Å². The number of carbonyl (C=O) groups excluding carboxylic acids is 2. The first-order chi connectivity index (χ1) is 13.6. The van der Waals surface area contributed by atoms with Crippen LogP contribution in [0.2, 0.25) is 5.02 Å². The van der Waals surface area contributed by atoms with Crippen LogP contribution in [0.15, 0.2) is 75.1 Å². The molecule has 3 amide bonds. The number of rotatable bonds is 6. The minimum Gasteiger partial charge on any atom is -0.489 e. The van der Waals surface area contributed by atoms with Gasteiger partial charge in [0.05, 0.1) is 11.2 Å². The summed E-state index contributed by atoms with van der Waals surface area (Å²) in [5.74, 6) is 0.735. The van der Waals surface area contributed by atoms with E-state index < -0.39 is 18.0 Å². The van der Waals surface area contributed by atoms with Crippen molar-refractivity contribution in [3.05, 3.63) is 77.2 Å². The summed E-state index contributed by atoms with van der Waals surface area (Å²) >= 11 is 7.32. The highest BCUT2D eigenvalue weighted by Gasteiger charge is 2.35. The van der Waals surface area contributed by atoms with Crippen LogP contribution in [-0.4, -0.2) is 11.9 Å². The number of imide groups is 1. The Labute approximate surface area is 170 Å². The Morgan fingerprint density at radius 3 is 2.46 bits per heavy atom. The maximum atomic E-state index is 11.9. The molecular weight excluding hydrogens is 400 g/mol. The number of amides is 3. The minimum atomic E-state index is -0.813. The number of nitrogens with one attached hydrogen (secondary N) is 2. The van der Waals surface area contributed by atoms with Crippen LogP contribution in [0, 0.1) is 0 Å². The van der Waals surface area contributed by atoms with E-state index in [0.29, 0.717) is 17.4 Å². The first-order valence-electron chi connectivity index (χ1n) is 8.42. The van der Waals surface area contributed by atoms with Crippen molar-refractivity contribution in [1.82, 2.24) is 10.6 Å². The summed E-state index contributed by atoms with van der Waals surface area (Å²) in [5, 5.41) is 5.44. The zero-order valence-corrected chi connectivity index (χ0v) is 16.0. The maximum Gasteiger partial charge on any atom is 0.322 e. The summed E-state index contributed by atoms with van der Waals surface area (Å²) in [4.78, 5) is 24.9. The van der Waals surface area contributed by atoms with E-state index in [0.717, 1.165) is 21.1 Å². The summed E-state index contributed by atoms with van der Waals surface area (Å²) < 4.78 is 11.2. The number of urea groups is 1. The topological polar surface area (TPSA) is 80.6 Å². The summed E-state index contributed by atoms with van der Waals surface area (Å²) in [6.07, 6.45) is 1.50. The van der Waals surface area contributed by atoms with Crippen molar-refractivity contribution in [2.24, 2.45) is 0 Å². The molecule has 2 N–H and O–H groups in total. The highest BCUT2D eigenvalue weighted by molar-refractivity contribution is 7.99. The molecule has 1 unspecified atom stereocenters. The van der Waals surface area contributed by atoms with E-state index in [2.05, 4.69) is 10.6 Å². The lowest BCUT2D eigenvalue weighted by Crippen LogP contribution is -2.22. The Bertz CT molecular complexity index is 1000. The molecule has 1 aliphatic rings. The zero-order chi connectivity index (χ0) is 19.5. The molecule has 0 spiro atoms. The summed E-state index contributed by atoms with van der Waals surface area (Å²) in [5.41, 5.74) is 1.03. The van der Waals surface area contributed by atoms with Crippen LogP contribution in [0.3, 0.4) is 0 Å². The number of ether oxygens (including phenoxy) is 1. The van der Waals surface area contributed by atoms with E-state index in [-0.39, 0.29) is 0 Å². The molecule has 0 radical (unpaired) electrons. The second-order valence-electron chi connectivity index (χ2n) is 6.03. The van der Waals surface area contributed by atoms with Gasteiger partial charge in [-0.25, -0.2) is 4.79 Å². The maximum absolute atomic E-state index is 11.9. The molecule has 0 saturated carbocycles. The molecule has 6 nitrogen and oxygen atoms in total. The first kappa shape index (κ1) is 18.5. The van der Waals surface area contributed by atoms with Gasteiger partial charge in [-0.3, -0.25) is 10.1 Å². The van der Waals surface area contributed by atoms with Crippen LogP contribution < -0.4 is 15.4 Å². The Kier molecular flexibility index (Phi) is 5.27. The Morgan fingerprint density at radius 1 is 1.04 bits per heavy atom. The average Bonchev–Trinajstić information content (AvgIpc) is 3.27. The van der Waals surface area contributed by atoms with Crippen molar-refractivity contribution >= 4 is 35.3 Å². The van der Waals surface area contributed by atoms with Crippen LogP contribution in [-0.2, 0) is 11.4 Å². The van der Waals surface area contributed by atoms with Crippen LogP contribution in [0.4, 0.5) is 4.79 Å². The van der Waals surface area contributed by atoms with Gasteiger partial charge in [-0.05, 0) is 48.0 Å². The van der Waals surface area contributed by atoms with Gasteiger partial charge in [0, 0.05) is 9.92 Å². The summed E-state index contributed by atoms with van der Waals surface area (Å²) in [6, 6.07) is 15.5. The van der Waals surface area contributed by atoms with Gasteiger partial charge in [0.1, 0.15) is 18.1 Å². The van der Waals surface area contributed by atoms with E-state index in [4.69, 9.17) is 20.8 Å². The van der Waals surface area contributed by atoms with E-state index in [1.807, 2.05) is 48.5 Å². The number of hydrogen-bond acceptors (Lipinski definition) is 5. The van der Waals surface area contributed by atoms with Gasteiger partial charge in [-0.1, -0.05) is 35.5 Å². The van der Waals surface area contributed by atoms with E-state index in [1.54, 1.807) is 6.07 Å². The van der Waals surface area contributed by atoms with Gasteiger partial charge in [-0.15, -0.1) is 0 Å². The Hall–Kier alpha value is -2.90. The molecule has 1 atom stereocenters. The predicted molar refractivity (Wildman–Crippen MR) is 104 cm³/mol. The van der Waals surface area contributed by atoms with Crippen molar-refractivity contribution < 1.29 is 18.7 Å². The summed E-state index contributed by atoms with van der Waals surface area (Å²) in [7, 11) is 0. The van der Waals surface area contributed by atoms with Crippen LogP contribution >= 0.6 is 23.4 Å². The van der Waals surface area contributed by atoms with Gasteiger partial charge in [0.15, 0.2) is 6.04 Å². The number of furan rings is 1. The molecule has 8 heteroatoms. The second kappa shape index (κ2) is 8.00. The fourth-order valence-corrected chi connectivity index (χ4v) is 3.73. The van der Waals surface area contributed by atoms with Crippen LogP contribution in [0.5, 0.6) is 5.75 Å². The number of halogens is 1. The van der Waals surface area contributed by atoms with Crippen molar-refractivity contribution in [1.29, 1.82) is 0 Å². The molecule has 1 saturated heterocycles. The molecular formula is C20H15ClN2O4S. The van der Waals surface area contributed by atoms with E-state index >= 15 is 0 Å². The van der Waals surface area contributed by atoms with E-state index in [1.165, 1.54) is 18.0 Å². The van der Waals surface area contributed by atoms with Crippen LogP contribution in [0.1, 0.15) is 17.4 Å². The molecule has 1 fully saturated rings. The predicted octanol–water partition coefficient (Wildman–Crippen LogP) is 4.54. The molecule has 142 valence electrons. The van der Waals surface area contributed by atoms with Gasteiger partial charge in [-0.2, -0.15) is 0 Å². The molecule has 0 aliphatic carbocycles. The number of benzene rings is 2. The fourth-order valence-electron chi connectivity index (χ4n) is 2.68. The first-order valence-corrected chi connectivity index (χ1v) is 9.62. The smallest absolute Gasteiger partial charge is 0.322 e. The number of hydrogen-bond donors (Lipinski definition) is 2. The third-order valence-corrected chi connectivity index (χ3v) is 5.38. The monoisotopic (exact) mass is 414 g/mol. The average molecular weight is 415 g/mol. The highest BCUT2D eigenvalue weighted by atomic mass is 35.5. The van der Waals surface area contributed by atoms with E-state index in [9.17, 15) is 9.59 Å². The third kappa shape index (κ3) is 4.16. The van der Waals surface area contributed by atoms with Crippen molar-refractivity contribution in [3.8, 4) is 5.75 Å². The van der Waals surface area contributed by atoms with Gasteiger partial charge >= 0.3 is 6.03 Å². The number of carbonyl (C=O) groups is 2. The normalized spacial score (nSPS) is 16.0. The third-order valence-electron chi connectivity index (χ3n) is 4.06. The molecule has 0 bridgehead atoms. The zero-order valence-electron chi connectivity index (χ0n) is 14.5. The largest absolute Gasteiger partial charge is 0.489 e. The van der Waals surface area contributed by atoms with Gasteiger partial charge in [0.2, 0.25) is 0 Å². The lowest BCUT2D eigenvalue weighted by Gasteiger charge is -2.09. The van der Waals surface area contributed by atoms with Gasteiger partial charge in [0.25, 0.3) is 5.91 Å². The molecule has 1 aliphatic heterocycles. The quantitative estimate of drug-likeness (QED) is 0.578. The Balaban J connectivity index is 1.40. The van der Waals surface area contributed by atoms with Gasteiger partial charge < -0.3 is 14.5 Å². The lowest BCUT2D eigenvalue weighted by atomic mass is 10.2. The molecule has 4 rings (SSSR count). The minimum absolute atomic E-state index is 0.413. The molecule has 2 heterocycles. The van der Waals surface area contributed by atoms with Crippen molar-refractivity contribution in [2.45, 2.75) is 22.4 Å². The standard InChI is InChI=1S/C20H15ClN2O4S/c21-13-3-1-12(2-4-13)11-27-14-5-7-15(8-6-14)28-16-9-10-26-18(16)17-19(24)23-20(25)22-17/h1-10,17H,11H2,(H2,22,23,24,25). The second-order valence-corrected chi connectivity index (χ2v) is 7.59. The highest BCUT2D eigenvalue weighted by Crippen LogP contribution is 2.35. The van der Waals surface area contributed by atoms with Crippen molar-refractivity contribution in [3.63, 3.8) is 0 Å². The SMILES string of the molecule is O=C1NC(=O)C(c2occc2Sc2ccc(OCc3ccc(Cl)cc3)cc2)N1. The fraction of sp³-hybridized carbons (Fsp3) is 0.100. The molecule has 28 heavy (non-hydrogen) atoms. The summed E-state index contributed by atoms with van der Waals surface area (Å²) in [6.45, 7) is 0.450. The molecule has 1 aromatic heterocycles. The van der Waals surface area contributed by atoms with Crippen molar-refractivity contribution in [2.75, 3.05) is 0 Å². The lowest BCUT2D eigenvalue weighted by molar-refractivity contribution is -0.120. The molecule has 2 aromatic carbocycles. The Morgan fingerprint density at radius 2 is 1.79 bits per heavy atom. The molecule has 3 aromatic rings.